The van der Waals surface area contributed by atoms with Gasteiger partial charge in [0.15, 0.2) is 0 Å². The number of terminal acetylenes is 1. The van der Waals surface area contributed by atoms with Crippen molar-refractivity contribution in [2.45, 2.75) is 84.1 Å². The highest BCUT2D eigenvalue weighted by atomic mass is 14.9. The van der Waals surface area contributed by atoms with Gasteiger partial charge in [-0.2, -0.15) is 0 Å². The summed E-state index contributed by atoms with van der Waals surface area (Å²) < 4.78 is 0. The smallest absolute Gasteiger partial charge is 0.0686 e. The molecule has 1 N–H and O–H groups in total. The summed E-state index contributed by atoms with van der Waals surface area (Å²) in [5.41, 5.74) is 0. The van der Waals surface area contributed by atoms with Crippen LogP contribution in [0.25, 0.3) is 0 Å². The van der Waals surface area contributed by atoms with E-state index in [-0.39, 0.29) is 0 Å². The molecular formula is C16H31N. The van der Waals surface area contributed by atoms with Crippen molar-refractivity contribution in [1.29, 1.82) is 0 Å². The fraction of sp³-hybridized carbons (Fsp3) is 0.875. The van der Waals surface area contributed by atoms with Crippen LogP contribution in [-0.4, -0.2) is 12.6 Å². The van der Waals surface area contributed by atoms with Crippen molar-refractivity contribution in [2.24, 2.45) is 0 Å². The second-order valence-corrected chi connectivity index (χ2v) is 4.94. The van der Waals surface area contributed by atoms with Crippen molar-refractivity contribution in [2.75, 3.05) is 6.54 Å². The van der Waals surface area contributed by atoms with Crippen LogP contribution in [0.3, 0.4) is 0 Å². The molecule has 0 aromatic heterocycles. The zero-order valence-corrected chi connectivity index (χ0v) is 11.9. The molecule has 0 bridgehead atoms. The van der Waals surface area contributed by atoms with E-state index < -0.39 is 0 Å². The number of nitrogens with one attached hydrogen (secondary N) is 1. The Morgan fingerprint density at radius 1 is 0.882 bits per heavy atom. The van der Waals surface area contributed by atoms with Crippen molar-refractivity contribution >= 4 is 0 Å². The monoisotopic (exact) mass is 237 g/mol. The Balaban J connectivity index is 3.15. The fourth-order valence-corrected chi connectivity index (χ4v) is 2.07. The Hall–Kier alpha value is -0.480. The molecule has 0 fully saturated rings. The number of hydrogen-bond donors (Lipinski definition) is 1. The maximum Gasteiger partial charge on any atom is 0.0686 e. The zero-order valence-electron chi connectivity index (χ0n) is 11.9. The molecule has 0 saturated heterocycles. The summed E-state index contributed by atoms with van der Waals surface area (Å²) in [5.74, 6) is 2.82. The van der Waals surface area contributed by atoms with E-state index in [1.807, 2.05) is 0 Å². The van der Waals surface area contributed by atoms with Crippen LogP contribution in [0.15, 0.2) is 0 Å². The molecule has 0 aliphatic heterocycles. The van der Waals surface area contributed by atoms with Crippen molar-refractivity contribution < 1.29 is 0 Å². The van der Waals surface area contributed by atoms with Crippen LogP contribution in [0.1, 0.15) is 78.1 Å². The van der Waals surface area contributed by atoms with Crippen molar-refractivity contribution in [3.63, 3.8) is 0 Å². The molecule has 0 amide bonds. The first kappa shape index (κ1) is 16.5. The van der Waals surface area contributed by atoms with Crippen LogP contribution in [0.4, 0.5) is 0 Å². The first-order chi connectivity index (χ1) is 8.35. The first-order valence-electron chi connectivity index (χ1n) is 7.54. The summed E-state index contributed by atoms with van der Waals surface area (Å²) in [5, 5.41) is 3.45. The molecule has 0 rings (SSSR count). The second-order valence-electron chi connectivity index (χ2n) is 4.94. The van der Waals surface area contributed by atoms with Gasteiger partial charge in [-0.1, -0.05) is 71.1 Å². The SMILES string of the molecule is C#CC(CCC)NCCCCCCCCCC. The van der Waals surface area contributed by atoms with Gasteiger partial charge in [0, 0.05) is 0 Å². The molecule has 1 nitrogen and oxygen atoms in total. The van der Waals surface area contributed by atoms with E-state index in [4.69, 9.17) is 6.42 Å². The fourth-order valence-electron chi connectivity index (χ4n) is 2.07. The Kier molecular flexibility index (Phi) is 13.2. The summed E-state index contributed by atoms with van der Waals surface area (Å²) in [6.45, 7) is 5.54. The number of rotatable bonds is 12. The van der Waals surface area contributed by atoms with E-state index >= 15 is 0 Å². The maximum absolute atomic E-state index is 5.46. The predicted molar refractivity (Wildman–Crippen MR) is 78.1 cm³/mol. The molecule has 0 aromatic carbocycles. The van der Waals surface area contributed by atoms with Gasteiger partial charge in [-0.15, -0.1) is 6.42 Å². The summed E-state index contributed by atoms with van der Waals surface area (Å²) >= 11 is 0. The topological polar surface area (TPSA) is 12.0 Å². The van der Waals surface area contributed by atoms with Crippen molar-refractivity contribution in [3.05, 3.63) is 0 Å². The zero-order chi connectivity index (χ0) is 12.8. The van der Waals surface area contributed by atoms with Gasteiger partial charge in [-0.25, -0.2) is 0 Å². The minimum atomic E-state index is 0.296. The van der Waals surface area contributed by atoms with Crippen LogP contribution in [0, 0.1) is 12.3 Å². The lowest BCUT2D eigenvalue weighted by atomic mass is 10.1. The minimum absolute atomic E-state index is 0.296. The quantitative estimate of drug-likeness (QED) is 0.389. The second kappa shape index (κ2) is 13.6. The van der Waals surface area contributed by atoms with Crippen molar-refractivity contribution in [3.8, 4) is 12.3 Å². The molecule has 1 unspecified atom stereocenters. The lowest BCUT2D eigenvalue weighted by Gasteiger charge is -2.11. The van der Waals surface area contributed by atoms with Gasteiger partial charge >= 0.3 is 0 Å². The Morgan fingerprint density at radius 2 is 1.47 bits per heavy atom. The van der Waals surface area contributed by atoms with Crippen LogP contribution in [0.5, 0.6) is 0 Å². The molecule has 0 radical (unpaired) electrons. The summed E-state index contributed by atoms with van der Waals surface area (Å²) in [4.78, 5) is 0. The van der Waals surface area contributed by atoms with Gasteiger partial charge in [0.1, 0.15) is 0 Å². The third-order valence-electron chi connectivity index (χ3n) is 3.20. The molecule has 1 atom stereocenters. The van der Waals surface area contributed by atoms with E-state index in [0.29, 0.717) is 6.04 Å². The molecule has 0 heterocycles. The summed E-state index contributed by atoms with van der Waals surface area (Å²) in [6.07, 6.45) is 18.7. The van der Waals surface area contributed by atoms with E-state index in [0.717, 1.165) is 13.0 Å². The number of hydrogen-bond acceptors (Lipinski definition) is 1. The van der Waals surface area contributed by atoms with E-state index in [1.165, 1.54) is 57.8 Å². The average molecular weight is 237 g/mol. The molecule has 1 heteroatoms. The highest BCUT2D eigenvalue weighted by Gasteiger charge is 2.00. The third-order valence-corrected chi connectivity index (χ3v) is 3.20. The van der Waals surface area contributed by atoms with Gasteiger partial charge < -0.3 is 5.32 Å². The van der Waals surface area contributed by atoms with E-state index in [1.54, 1.807) is 0 Å². The van der Waals surface area contributed by atoms with Crippen molar-refractivity contribution in [1.82, 2.24) is 5.32 Å². The minimum Gasteiger partial charge on any atom is -0.304 e. The number of unbranched alkanes of at least 4 members (excludes halogenated alkanes) is 7. The maximum atomic E-state index is 5.46. The highest BCUT2D eigenvalue weighted by molar-refractivity contribution is 4.98. The van der Waals surface area contributed by atoms with Crippen LogP contribution in [0.2, 0.25) is 0 Å². The summed E-state index contributed by atoms with van der Waals surface area (Å²) in [6, 6.07) is 0.296. The molecule has 17 heavy (non-hydrogen) atoms. The van der Waals surface area contributed by atoms with Crippen LogP contribution < -0.4 is 5.32 Å². The molecule has 0 aromatic rings. The Labute approximate surface area is 109 Å². The van der Waals surface area contributed by atoms with E-state index in [2.05, 4.69) is 25.1 Å². The Bertz CT molecular complexity index is 180. The third kappa shape index (κ3) is 11.8. The largest absolute Gasteiger partial charge is 0.304 e. The van der Waals surface area contributed by atoms with Crippen LogP contribution >= 0.6 is 0 Å². The van der Waals surface area contributed by atoms with E-state index in [9.17, 15) is 0 Å². The molecule has 0 saturated carbocycles. The predicted octanol–water partition coefficient (Wildman–Crippen LogP) is 4.52. The van der Waals surface area contributed by atoms with Crippen LogP contribution in [-0.2, 0) is 0 Å². The van der Waals surface area contributed by atoms with Gasteiger partial charge in [-0.3, -0.25) is 0 Å². The molecule has 0 spiro atoms. The lowest BCUT2D eigenvalue weighted by molar-refractivity contribution is 0.520. The molecule has 100 valence electrons. The Morgan fingerprint density at radius 3 is 2.00 bits per heavy atom. The van der Waals surface area contributed by atoms with Gasteiger partial charge in [0.2, 0.25) is 0 Å². The molecular weight excluding hydrogens is 206 g/mol. The first-order valence-corrected chi connectivity index (χ1v) is 7.54. The standard InChI is InChI=1S/C16H31N/c1-4-7-8-9-10-11-12-13-15-17-16(6-3)14-5-2/h3,16-17H,4-5,7-15H2,1-2H3. The average Bonchev–Trinajstić information content (AvgIpc) is 2.35. The molecule has 0 aliphatic carbocycles. The lowest BCUT2D eigenvalue weighted by Crippen LogP contribution is -2.28. The van der Waals surface area contributed by atoms with Gasteiger partial charge in [0.25, 0.3) is 0 Å². The normalized spacial score (nSPS) is 12.3. The highest BCUT2D eigenvalue weighted by Crippen LogP contribution is 2.08. The molecule has 0 aliphatic rings. The summed E-state index contributed by atoms with van der Waals surface area (Å²) in [7, 11) is 0. The van der Waals surface area contributed by atoms with Gasteiger partial charge in [0.05, 0.1) is 6.04 Å². The van der Waals surface area contributed by atoms with Gasteiger partial charge in [-0.05, 0) is 19.4 Å².